The largest absolute Gasteiger partial charge is 0.393 e. The SMILES string of the molecule is C[C@H](Nc1nc(CF)cc([C@@H]2C(=O)NCC2[C@@H](C)O)n1)c1cnc(-c2ccc(Cl)cc2)s1. The number of carbonyl (C=O) groups is 1. The monoisotopic (exact) mass is 475 g/mol. The molecule has 2 aromatic heterocycles. The van der Waals surface area contributed by atoms with E-state index in [-0.39, 0.29) is 29.5 Å². The predicted octanol–water partition coefficient (Wildman–Crippen LogP) is 4.11. The molecular weight excluding hydrogens is 453 g/mol. The molecule has 3 aromatic rings. The van der Waals surface area contributed by atoms with Crippen LogP contribution < -0.4 is 10.6 Å². The zero-order valence-corrected chi connectivity index (χ0v) is 19.1. The van der Waals surface area contributed by atoms with E-state index < -0.39 is 18.7 Å². The number of carbonyl (C=O) groups excluding carboxylic acids is 1. The van der Waals surface area contributed by atoms with E-state index in [1.54, 1.807) is 13.1 Å². The Bertz CT molecular complexity index is 1110. The van der Waals surface area contributed by atoms with Crippen LogP contribution in [-0.2, 0) is 11.5 Å². The molecule has 1 aliphatic rings. The van der Waals surface area contributed by atoms with Gasteiger partial charge in [-0.15, -0.1) is 11.3 Å². The number of halogens is 2. The van der Waals surface area contributed by atoms with Gasteiger partial charge in [0.05, 0.1) is 29.5 Å². The second-order valence-corrected chi connectivity index (χ2v) is 9.31. The highest BCUT2D eigenvalue weighted by molar-refractivity contribution is 7.15. The molecule has 0 bridgehead atoms. The first kappa shape index (κ1) is 22.6. The molecular formula is C22H23ClFN5O2S. The van der Waals surface area contributed by atoms with E-state index >= 15 is 0 Å². The van der Waals surface area contributed by atoms with E-state index in [9.17, 15) is 14.3 Å². The Labute approximate surface area is 194 Å². The van der Waals surface area contributed by atoms with Crippen molar-refractivity contribution in [2.75, 3.05) is 11.9 Å². The Kier molecular flexibility index (Phi) is 6.68. The average Bonchev–Trinajstić information content (AvgIpc) is 3.41. The number of hydrogen-bond donors (Lipinski definition) is 3. The average molecular weight is 476 g/mol. The van der Waals surface area contributed by atoms with Gasteiger partial charge in [0.15, 0.2) is 0 Å². The number of thiazole rings is 1. The van der Waals surface area contributed by atoms with Crippen molar-refractivity contribution in [3.8, 4) is 10.6 Å². The summed E-state index contributed by atoms with van der Waals surface area (Å²) in [4.78, 5) is 26.6. The molecule has 1 fully saturated rings. The Morgan fingerprint density at radius 1 is 1.31 bits per heavy atom. The molecule has 0 saturated carbocycles. The van der Waals surface area contributed by atoms with Gasteiger partial charge in [-0.3, -0.25) is 4.79 Å². The minimum Gasteiger partial charge on any atom is -0.393 e. The van der Waals surface area contributed by atoms with Crippen molar-refractivity contribution in [3.05, 3.63) is 57.8 Å². The number of alkyl halides is 1. The summed E-state index contributed by atoms with van der Waals surface area (Å²) in [5, 5.41) is 17.5. The Hall–Kier alpha value is -2.62. The predicted molar refractivity (Wildman–Crippen MR) is 122 cm³/mol. The summed E-state index contributed by atoms with van der Waals surface area (Å²) < 4.78 is 13.5. The summed E-state index contributed by atoms with van der Waals surface area (Å²) >= 11 is 7.48. The van der Waals surface area contributed by atoms with E-state index in [0.29, 0.717) is 17.3 Å². The normalized spacial score (nSPS) is 20.1. The molecule has 1 amide bonds. The van der Waals surface area contributed by atoms with Crippen LogP contribution in [0.2, 0.25) is 5.02 Å². The molecule has 3 N–H and O–H groups in total. The number of rotatable bonds is 7. The molecule has 1 aromatic carbocycles. The molecule has 1 unspecified atom stereocenters. The van der Waals surface area contributed by atoms with Gasteiger partial charge in [0.1, 0.15) is 11.7 Å². The zero-order chi connectivity index (χ0) is 22.8. The zero-order valence-electron chi connectivity index (χ0n) is 17.5. The van der Waals surface area contributed by atoms with Gasteiger partial charge in [-0.25, -0.2) is 19.3 Å². The molecule has 168 valence electrons. The fourth-order valence-electron chi connectivity index (χ4n) is 3.73. The van der Waals surface area contributed by atoms with Crippen molar-refractivity contribution in [2.45, 2.75) is 38.6 Å². The lowest BCUT2D eigenvalue weighted by atomic mass is 9.88. The molecule has 4 atom stereocenters. The fraction of sp³-hybridized carbons (Fsp3) is 0.364. The van der Waals surface area contributed by atoms with Crippen molar-refractivity contribution in [1.82, 2.24) is 20.3 Å². The molecule has 4 rings (SSSR count). The molecule has 32 heavy (non-hydrogen) atoms. The number of aliphatic hydroxyl groups is 1. The van der Waals surface area contributed by atoms with E-state index in [1.807, 2.05) is 31.2 Å². The van der Waals surface area contributed by atoms with Crippen LogP contribution in [0.5, 0.6) is 0 Å². The number of aliphatic hydroxyl groups excluding tert-OH is 1. The van der Waals surface area contributed by atoms with Gasteiger partial charge in [-0.05, 0) is 32.0 Å². The van der Waals surface area contributed by atoms with E-state index in [2.05, 4.69) is 25.6 Å². The maximum Gasteiger partial charge on any atom is 0.229 e. The molecule has 0 aliphatic carbocycles. The van der Waals surface area contributed by atoms with Gasteiger partial charge < -0.3 is 15.7 Å². The molecule has 1 aliphatic heterocycles. The lowest BCUT2D eigenvalue weighted by molar-refractivity contribution is -0.121. The van der Waals surface area contributed by atoms with Gasteiger partial charge >= 0.3 is 0 Å². The van der Waals surface area contributed by atoms with Crippen molar-refractivity contribution in [2.24, 2.45) is 5.92 Å². The highest BCUT2D eigenvalue weighted by Gasteiger charge is 2.40. The highest BCUT2D eigenvalue weighted by atomic mass is 35.5. The van der Waals surface area contributed by atoms with Gasteiger partial charge in [-0.1, -0.05) is 23.7 Å². The number of nitrogens with zero attached hydrogens (tertiary/aromatic N) is 3. The highest BCUT2D eigenvalue weighted by Crippen LogP contribution is 2.33. The van der Waals surface area contributed by atoms with Crippen molar-refractivity contribution in [1.29, 1.82) is 0 Å². The summed E-state index contributed by atoms with van der Waals surface area (Å²) in [5.41, 5.74) is 1.54. The minimum atomic E-state index is -0.784. The second-order valence-electron chi connectivity index (χ2n) is 7.81. The van der Waals surface area contributed by atoms with Gasteiger partial charge in [-0.2, -0.15) is 0 Å². The third-order valence-electron chi connectivity index (χ3n) is 5.48. The van der Waals surface area contributed by atoms with Crippen LogP contribution in [0.3, 0.4) is 0 Å². The lowest BCUT2D eigenvalue weighted by Gasteiger charge is -2.20. The molecule has 10 heteroatoms. The van der Waals surface area contributed by atoms with Crippen molar-refractivity contribution in [3.63, 3.8) is 0 Å². The van der Waals surface area contributed by atoms with E-state index in [1.165, 1.54) is 17.4 Å². The van der Waals surface area contributed by atoms with Crippen LogP contribution >= 0.6 is 22.9 Å². The number of amides is 1. The Balaban J connectivity index is 1.57. The number of aromatic nitrogens is 3. The van der Waals surface area contributed by atoms with Gasteiger partial charge in [0.2, 0.25) is 11.9 Å². The third kappa shape index (κ3) is 4.74. The lowest BCUT2D eigenvalue weighted by Crippen LogP contribution is -2.25. The summed E-state index contributed by atoms with van der Waals surface area (Å²) in [7, 11) is 0. The van der Waals surface area contributed by atoms with Crippen LogP contribution in [-0.4, -0.2) is 38.6 Å². The Morgan fingerprint density at radius 2 is 2.06 bits per heavy atom. The molecule has 0 radical (unpaired) electrons. The van der Waals surface area contributed by atoms with Crippen LogP contribution in [0.15, 0.2) is 36.5 Å². The third-order valence-corrected chi connectivity index (χ3v) is 6.97. The first-order valence-corrected chi connectivity index (χ1v) is 11.4. The second kappa shape index (κ2) is 9.48. The molecule has 3 heterocycles. The van der Waals surface area contributed by atoms with Gasteiger partial charge in [0, 0.05) is 34.1 Å². The van der Waals surface area contributed by atoms with E-state index in [0.717, 1.165) is 15.4 Å². The summed E-state index contributed by atoms with van der Waals surface area (Å²) in [6.07, 6.45) is 1.07. The summed E-state index contributed by atoms with van der Waals surface area (Å²) in [6.45, 7) is 3.14. The summed E-state index contributed by atoms with van der Waals surface area (Å²) in [6, 6.07) is 8.75. The standard InChI is InChI=1S/C22H23ClFN5O2S/c1-11(18-10-26-21(32-18)13-3-5-14(23)6-4-13)27-22-28-15(8-24)7-17(29-22)19-16(12(2)30)9-25-20(19)31/h3-7,10-12,16,19,30H,8-9H2,1-2H3,(H,25,31)(H,27,28,29)/t11-,12+,16?,19+/m0/s1. The first-order valence-electron chi connectivity index (χ1n) is 10.2. The maximum atomic E-state index is 13.5. The molecule has 1 saturated heterocycles. The van der Waals surface area contributed by atoms with Crippen molar-refractivity contribution < 1.29 is 14.3 Å². The van der Waals surface area contributed by atoms with Crippen LogP contribution in [0, 0.1) is 5.92 Å². The fourth-order valence-corrected chi connectivity index (χ4v) is 4.78. The van der Waals surface area contributed by atoms with Crippen LogP contribution in [0.1, 0.15) is 42.1 Å². The number of hydrogen-bond acceptors (Lipinski definition) is 7. The van der Waals surface area contributed by atoms with E-state index in [4.69, 9.17) is 11.6 Å². The first-order chi connectivity index (χ1) is 15.4. The Morgan fingerprint density at radius 3 is 2.75 bits per heavy atom. The van der Waals surface area contributed by atoms with Crippen LogP contribution in [0.4, 0.5) is 10.3 Å². The molecule has 7 nitrogen and oxygen atoms in total. The summed E-state index contributed by atoms with van der Waals surface area (Å²) in [5.74, 6) is -0.987. The van der Waals surface area contributed by atoms with Gasteiger partial charge in [0.25, 0.3) is 0 Å². The minimum absolute atomic E-state index is 0.180. The van der Waals surface area contributed by atoms with Crippen LogP contribution in [0.25, 0.3) is 10.6 Å². The molecule has 0 spiro atoms. The maximum absolute atomic E-state index is 13.5. The topological polar surface area (TPSA) is 100 Å². The quantitative estimate of drug-likeness (QED) is 0.475. The number of benzene rings is 1. The number of nitrogens with one attached hydrogen (secondary N) is 2. The smallest absolute Gasteiger partial charge is 0.229 e. The van der Waals surface area contributed by atoms with Crippen molar-refractivity contribution >= 4 is 34.8 Å². The number of anilines is 1.